The van der Waals surface area contributed by atoms with Crippen LogP contribution < -0.4 is 11.1 Å². The summed E-state index contributed by atoms with van der Waals surface area (Å²) in [5.41, 5.74) is 5.62. The van der Waals surface area contributed by atoms with Gasteiger partial charge in [0, 0.05) is 18.5 Å². The van der Waals surface area contributed by atoms with Gasteiger partial charge in [0.1, 0.15) is 0 Å². The van der Waals surface area contributed by atoms with Gasteiger partial charge in [0.2, 0.25) is 11.8 Å². The summed E-state index contributed by atoms with van der Waals surface area (Å²) in [7, 11) is 0. The van der Waals surface area contributed by atoms with Gasteiger partial charge in [-0.2, -0.15) is 11.8 Å². The normalized spacial score (nSPS) is 21.6. The first-order chi connectivity index (χ1) is 8.75. The van der Waals surface area contributed by atoms with Crippen molar-refractivity contribution in [3.05, 3.63) is 0 Å². The van der Waals surface area contributed by atoms with Crippen molar-refractivity contribution in [3.63, 3.8) is 0 Å². The number of likely N-dealkylation sites (tertiary alicyclic amines) is 1. The van der Waals surface area contributed by atoms with Crippen LogP contribution in [-0.4, -0.2) is 52.9 Å². The zero-order chi connectivity index (χ0) is 14.6. The Morgan fingerprint density at radius 2 is 2.21 bits per heavy atom. The van der Waals surface area contributed by atoms with E-state index in [0.717, 1.165) is 5.75 Å². The second kappa shape index (κ2) is 6.61. The molecule has 1 heterocycles. The quantitative estimate of drug-likeness (QED) is 0.776. The Morgan fingerprint density at radius 3 is 2.68 bits per heavy atom. The maximum absolute atomic E-state index is 11.9. The standard InChI is InChI=1S/C13H25N3O2S/c1-13(2,3)16-8-9(7-11(16)17)15-12(18)10(14)5-6-19-4/h9-10H,5-8,14H2,1-4H3,(H,15,18)/t9?,10-/m0/s1. The average molecular weight is 287 g/mol. The Balaban J connectivity index is 2.47. The highest BCUT2D eigenvalue weighted by Crippen LogP contribution is 2.21. The zero-order valence-electron chi connectivity index (χ0n) is 12.2. The van der Waals surface area contributed by atoms with E-state index in [4.69, 9.17) is 5.73 Å². The Kier molecular flexibility index (Phi) is 5.67. The van der Waals surface area contributed by atoms with Crippen LogP contribution in [0.5, 0.6) is 0 Å². The lowest BCUT2D eigenvalue weighted by molar-refractivity contribution is -0.131. The summed E-state index contributed by atoms with van der Waals surface area (Å²) in [5, 5.41) is 2.88. The van der Waals surface area contributed by atoms with Gasteiger partial charge in [-0.05, 0) is 39.2 Å². The first kappa shape index (κ1) is 16.3. The van der Waals surface area contributed by atoms with Gasteiger partial charge < -0.3 is 16.0 Å². The molecule has 5 nitrogen and oxygen atoms in total. The van der Waals surface area contributed by atoms with Crippen molar-refractivity contribution in [3.8, 4) is 0 Å². The van der Waals surface area contributed by atoms with Crippen LogP contribution in [0.2, 0.25) is 0 Å². The Morgan fingerprint density at radius 1 is 1.58 bits per heavy atom. The minimum Gasteiger partial charge on any atom is -0.350 e. The molecule has 1 fully saturated rings. The van der Waals surface area contributed by atoms with Crippen LogP contribution in [0.25, 0.3) is 0 Å². The van der Waals surface area contributed by atoms with Crippen LogP contribution in [-0.2, 0) is 9.59 Å². The van der Waals surface area contributed by atoms with Gasteiger partial charge in [-0.3, -0.25) is 9.59 Å². The molecule has 19 heavy (non-hydrogen) atoms. The number of rotatable bonds is 5. The molecular weight excluding hydrogens is 262 g/mol. The molecule has 1 aliphatic heterocycles. The van der Waals surface area contributed by atoms with Crippen LogP contribution in [0.1, 0.15) is 33.6 Å². The van der Waals surface area contributed by atoms with Crippen molar-refractivity contribution in [1.29, 1.82) is 0 Å². The number of hydrogen-bond acceptors (Lipinski definition) is 4. The number of thioether (sulfide) groups is 1. The van der Waals surface area contributed by atoms with E-state index in [1.165, 1.54) is 0 Å². The van der Waals surface area contributed by atoms with E-state index in [0.29, 0.717) is 19.4 Å². The lowest BCUT2D eigenvalue weighted by Crippen LogP contribution is -2.48. The molecule has 1 aliphatic rings. The monoisotopic (exact) mass is 287 g/mol. The van der Waals surface area contributed by atoms with Crippen LogP contribution in [0.3, 0.4) is 0 Å². The molecule has 6 heteroatoms. The molecule has 0 aromatic heterocycles. The molecule has 3 N–H and O–H groups in total. The van der Waals surface area contributed by atoms with Gasteiger partial charge in [0.15, 0.2) is 0 Å². The molecular formula is C13H25N3O2S. The summed E-state index contributed by atoms with van der Waals surface area (Å²) in [6.07, 6.45) is 3.02. The van der Waals surface area contributed by atoms with Crippen LogP contribution in [0, 0.1) is 0 Å². The number of hydrogen-bond donors (Lipinski definition) is 2. The molecule has 0 aliphatic carbocycles. The molecule has 1 unspecified atom stereocenters. The Hall–Kier alpha value is -0.750. The van der Waals surface area contributed by atoms with Crippen LogP contribution in [0.4, 0.5) is 0 Å². The lowest BCUT2D eigenvalue weighted by atomic mass is 10.1. The Labute approximate surface area is 119 Å². The molecule has 2 amide bonds. The fourth-order valence-electron chi connectivity index (χ4n) is 2.14. The summed E-state index contributed by atoms with van der Waals surface area (Å²) >= 11 is 1.67. The van der Waals surface area contributed by atoms with Crippen molar-refractivity contribution in [2.24, 2.45) is 5.73 Å². The number of amides is 2. The zero-order valence-corrected chi connectivity index (χ0v) is 13.0. The van der Waals surface area contributed by atoms with Gasteiger partial charge in [0.25, 0.3) is 0 Å². The molecule has 1 rings (SSSR count). The van der Waals surface area contributed by atoms with Gasteiger partial charge in [-0.1, -0.05) is 0 Å². The number of carbonyl (C=O) groups is 2. The van der Waals surface area contributed by atoms with Crippen LogP contribution >= 0.6 is 11.8 Å². The fourth-order valence-corrected chi connectivity index (χ4v) is 2.63. The number of nitrogens with zero attached hydrogens (tertiary/aromatic N) is 1. The van der Waals surface area contributed by atoms with E-state index in [1.54, 1.807) is 11.8 Å². The smallest absolute Gasteiger partial charge is 0.237 e. The second-order valence-corrected chi connectivity index (χ2v) is 6.96. The molecule has 0 aromatic rings. The first-order valence-corrected chi connectivity index (χ1v) is 8.00. The topological polar surface area (TPSA) is 75.4 Å². The predicted molar refractivity (Wildman–Crippen MR) is 79.0 cm³/mol. The van der Waals surface area contributed by atoms with Crippen molar-refractivity contribution >= 4 is 23.6 Å². The third-order valence-electron chi connectivity index (χ3n) is 3.25. The van der Waals surface area contributed by atoms with Gasteiger partial charge in [-0.25, -0.2) is 0 Å². The van der Waals surface area contributed by atoms with Crippen molar-refractivity contribution in [1.82, 2.24) is 10.2 Å². The van der Waals surface area contributed by atoms with E-state index >= 15 is 0 Å². The minimum absolute atomic E-state index is 0.0930. The number of nitrogens with two attached hydrogens (primary N) is 1. The molecule has 0 saturated carbocycles. The molecule has 2 atom stereocenters. The van der Waals surface area contributed by atoms with Crippen molar-refractivity contribution in [2.75, 3.05) is 18.6 Å². The molecule has 1 saturated heterocycles. The maximum atomic E-state index is 11.9. The highest BCUT2D eigenvalue weighted by Gasteiger charge is 2.37. The largest absolute Gasteiger partial charge is 0.350 e. The highest BCUT2D eigenvalue weighted by molar-refractivity contribution is 7.98. The highest BCUT2D eigenvalue weighted by atomic mass is 32.2. The van der Waals surface area contributed by atoms with Gasteiger partial charge >= 0.3 is 0 Å². The second-order valence-electron chi connectivity index (χ2n) is 5.97. The molecule has 0 aromatic carbocycles. The summed E-state index contributed by atoms with van der Waals surface area (Å²) < 4.78 is 0. The van der Waals surface area contributed by atoms with E-state index in [-0.39, 0.29) is 23.4 Å². The van der Waals surface area contributed by atoms with Crippen molar-refractivity contribution < 1.29 is 9.59 Å². The summed E-state index contributed by atoms with van der Waals surface area (Å²) in [6.45, 7) is 6.57. The van der Waals surface area contributed by atoms with E-state index in [1.807, 2.05) is 31.9 Å². The van der Waals surface area contributed by atoms with E-state index in [9.17, 15) is 9.59 Å². The third kappa shape index (κ3) is 4.69. The SMILES string of the molecule is CSCC[C@H](N)C(=O)NC1CC(=O)N(C(C)(C)C)C1. The molecule has 0 spiro atoms. The number of carbonyl (C=O) groups excluding carboxylic acids is 2. The van der Waals surface area contributed by atoms with Crippen LogP contribution in [0.15, 0.2) is 0 Å². The molecule has 0 radical (unpaired) electrons. The maximum Gasteiger partial charge on any atom is 0.237 e. The lowest BCUT2D eigenvalue weighted by Gasteiger charge is -2.32. The molecule has 110 valence electrons. The summed E-state index contributed by atoms with van der Waals surface area (Å²) in [5.74, 6) is 0.810. The first-order valence-electron chi connectivity index (χ1n) is 6.61. The number of nitrogens with one attached hydrogen (secondary N) is 1. The van der Waals surface area contributed by atoms with Crippen molar-refractivity contribution in [2.45, 2.75) is 51.2 Å². The predicted octanol–water partition coefficient (Wildman–Crippen LogP) is 0.582. The minimum atomic E-state index is -0.480. The van der Waals surface area contributed by atoms with E-state index in [2.05, 4.69) is 5.32 Å². The summed E-state index contributed by atoms with van der Waals surface area (Å²) in [4.78, 5) is 25.6. The molecule has 0 bridgehead atoms. The van der Waals surface area contributed by atoms with Gasteiger partial charge in [-0.15, -0.1) is 0 Å². The average Bonchev–Trinajstić information content (AvgIpc) is 2.66. The Bertz CT molecular complexity index is 341. The van der Waals surface area contributed by atoms with Gasteiger partial charge in [0.05, 0.1) is 12.1 Å². The third-order valence-corrected chi connectivity index (χ3v) is 3.89. The summed E-state index contributed by atoms with van der Waals surface area (Å²) in [6, 6.07) is -0.592. The fraction of sp³-hybridized carbons (Fsp3) is 0.846. The van der Waals surface area contributed by atoms with E-state index < -0.39 is 6.04 Å².